The number of methoxy groups -OCH3 is 6. The minimum atomic E-state index is -0.314. The fourth-order valence-corrected chi connectivity index (χ4v) is 5.47. The van der Waals surface area contributed by atoms with Crippen LogP contribution in [0.15, 0.2) is 91.2 Å². The number of rotatable bonds is 9. The standard InChI is InChI=1S/C36H30O10/c1-39-21-10-7-19(8-11-21)27-16-25(38)35-31(44-6)18-30(43-5)33(36(35)46-27)20-9-12-26(41-3)23(13-20)28-17-24(37)34-29(42-4)14-22(40-2)15-32(34)45-28/h7-18H,1-6H3. The van der Waals surface area contributed by atoms with E-state index in [1.807, 2.05) is 0 Å². The van der Waals surface area contributed by atoms with E-state index in [0.29, 0.717) is 62.5 Å². The Balaban J connectivity index is 1.63. The van der Waals surface area contributed by atoms with Crippen LogP contribution in [0.5, 0.6) is 34.5 Å². The molecule has 0 saturated heterocycles. The Labute approximate surface area is 263 Å². The number of hydrogen-bond acceptors (Lipinski definition) is 10. The molecular weight excluding hydrogens is 592 g/mol. The third kappa shape index (κ3) is 5.13. The van der Waals surface area contributed by atoms with Crippen molar-refractivity contribution in [1.82, 2.24) is 0 Å². The first-order chi connectivity index (χ1) is 22.3. The first-order valence-electron chi connectivity index (χ1n) is 14.1. The molecule has 0 aliphatic heterocycles. The molecule has 0 unspecified atom stereocenters. The summed E-state index contributed by atoms with van der Waals surface area (Å²) in [4.78, 5) is 27.0. The van der Waals surface area contributed by atoms with Gasteiger partial charge < -0.3 is 37.3 Å². The summed E-state index contributed by atoms with van der Waals surface area (Å²) in [6, 6.07) is 20.2. The van der Waals surface area contributed by atoms with E-state index in [-0.39, 0.29) is 38.6 Å². The molecule has 0 fully saturated rings. The van der Waals surface area contributed by atoms with E-state index in [4.69, 9.17) is 37.3 Å². The highest BCUT2D eigenvalue weighted by Crippen LogP contribution is 2.45. The van der Waals surface area contributed by atoms with E-state index in [2.05, 4.69) is 0 Å². The summed E-state index contributed by atoms with van der Waals surface area (Å²) < 4.78 is 45.9. The van der Waals surface area contributed by atoms with Crippen molar-refractivity contribution in [2.45, 2.75) is 0 Å². The first-order valence-corrected chi connectivity index (χ1v) is 14.1. The van der Waals surface area contributed by atoms with Gasteiger partial charge in [0, 0.05) is 35.9 Å². The molecule has 234 valence electrons. The van der Waals surface area contributed by atoms with Gasteiger partial charge in [-0.05, 0) is 42.0 Å². The van der Waals surface area contributed by atoms with Crippen LogP contribution >= 0.6 is 0 Å². The minimum absolute atomic E-state index is 0.240. The maximum absolute atomic E-state index is 13.6. The molecule has 0 spiro atoms. The van der Waals surface area contributed by atoms with E-state index in [1.165, 1.54) is 47.7 Å². The number of benzene rings is 4. The summed E-state index contributed by atoms with van der Waals surface area (Å²) in [5.74, 6) is 3.16. The van der Waals surface area contributed by atoms with Crippen LogP contribution in [-0.2, 0) is 0 Å². The van der Waals surface area contributed by atoms with Crippen molar-refractivity contribution < 1.29 is 37.3 Å². The van der Waals surface area contributed by atoms with Crippen LogP contribution in [0.1, 0.15) is 0 Å². The maximum atomic E-state index is 13.6. The van der Waals surface area contributed by atoms with Crippen LogP contribution in [-0.4, -0.2) is 42.7 Å². The third-order valence-corrected chi connectivity index (χ3v) is 7.72. The van der Waals surface area contributed by atoms with Gasteiger partial charge in [-0.2, -0.15) is 0 Å². The lowest BCUT2D eigenvalue weighted by Gasteiger charge is -2.17. The van der Waals surface area contributed by atoms with Gasteiger partial charge in [-0.15, -0.1) is 0 Å². The zero-order valence-corrected chi connectivity index (χ0v) is 26.0. The van der Waals surface area contributed by atoms with Crippen molar-refractivity contribution in [2.75, 3.05) is 42.7 Å². The Morgan fingerprint density at radius 3 is 1.74 bits per heavy atom. The molecule has 4 aromatic carbocycles. The summed E-state index contributed by atoms with van der Waals surface area (Å²) in [6.45, 7) is 0. The van der Waals surface area contributed by atoms with Crippen LogP contribution in [0.2, 0.25) is 0 Å². The molecule has 2 aromatic heterocycles. The predicted molar refractivity (Wildman–Crippen MR) is 174 cm³/mol. The van der Waals surface area contributed by atoms with Crippen LogP contribution in [0.4, 0.5) is 0 Å². The molecule has 6 aromatic rings. The van der Waals surface area contributed by atoms with Gasteiger partial charge in [-0.1, -0.05) is 6.07 Å². The SMILES string of the molecule is COc1ccc(-c2cc(=O)c3c(OC)cc(OC)c(-c4ccc(OC)c(-c5cc(=O)c6c(OC)cc(OC)cc6o5)c4)c3o2)cc1. The molecule has 0 saturated carbocycles. The Bertz CT molecular complexity index is 2210. The smallest absolute Gasteiger partial charge is 0.197 e. The van der Waals surface area contributed by atoms with E-state index in [1.54, 1.807) is 67.8 Å². The van der Waals surface area contributed by atoms with Gasteiger partial charge >= 0.3 is 0 Å². The van der Waals surface area contributed by atoms with Crippen LogP contribution in [0.25, 0.3) is 55.7 Å². The van der Waals surface area contributed by atoms with Crippen LogP contribution in [0.3, 0.4) is 0 Å². The summed E-state index contributed by atoms with van der Waals surface area (Å²) in [7, 11) is 9.08. The van der Waals surface area contributed by atoms with E-state index >= 15 is 0 Å². The second kappa shape index (κ2) is 12.2. The quantitative estimate of drug-likeness (QED) is 0.168. The summed E-state index contributed by atoms with van der Waals surface area (Å²) >= 11 is 0. The molecule has 46 heavy (non-hydrogen) atoms. The molecule has 10 nitrogen and oxygen atoms in total. The zero-order valence-electron chi connectivity index (χ0n) is 26.0. The molecular formula is C36H30O10. The highest BCUT2D eigenvalue weighted by molar-refractivity contribution is 6.00. The number of hydrogen-bond donors (Lipinski definition) is 0. The molecule has 2 heterocycles. The highest BCUT2D eigenvalue weighted by atomic mass is 16.5. The molecule has 0 amide bonds. The monoisotopic (exact) mass is 622 g/mol. The van der Waals surface area contributed by atoms with E-state index < -0.39 is 0 Å². The average molecular weight is 623 g/mol. The highest BCUT2D eigenvalue weighted by Gasteiger charge is 2.23. The Morgan fingerprint density at radius 1 is 0.478 bits per heavy atom. The fourth-order valence-electron chi connectivity index (χ4n) is 5.47. The lowest BCUT2D eigenvalue weighted by atomic mass is 9.97. The predicted octanol–water partition coefficient (Wildman–Crippen LogP) is 6.95. The third-order valence-electron chi connectivity index (χ3n) is 7.72. The second-order valence-electron chi connectivity index (χ2n) is 10.2. The molecule has 0 atom stereocenters. The normalized spacial score (nSPS) is 11.0. The Morgan fingerprint density at radius 2 is 1.09 bits per heavy atom. The molecule has 0 bridgehead atoms. The zero-order chi connectivity index (χ0) is 32.5. The largest absolute Gasteiger partial charge is 0.497 e. The van der Waals surface area contributed by atoms with Gasteiger partial charge in [0.2, 0.25) is 0 Å². The maximum Gasteiger partial charge on any atom is 0.197 e. The molecule has 0 radical (unpaired) electrons. The van der Waals surface area contributed by atoms with Gasteiger partial charge in [-0.3, -0.25) is 9.59 Å². The lowest BCUT2D eigenvalue weighted by molar-refractivity contribution is 0.396. The van der Waals surface area contributed by atoms with Crippen molar-refractivity contribution in [2.24, 2.45) is 0 Å². The summed E-state index contributed by atoms with van der Waals surface area (Å²) in [6.07, 6.45) is 0. The van der Waals surface area contributed by atoms with Gasteiger partial charge in [-0.25, -0.2) is 0 Å². The summed E-state index contributed by atoms with van der Waals surface area (Å²) in [5, 5.41) is 0.516. The van der Waals surface area contributed by atoms with Gasteiger partial charge in [0.05, 0.1) is 53.8 Å². The van der Waals surface area contributed by atoms with Crippen molar-refractivity contribution in [3.05, 3.63) is 93.2 Å². The average Bonchev–Trinajstić information content (AvgIpc) is 3.09. The van der Waals surface area contributed by atoms with Crippen molar-refractivity contribution >= 4 is 21.9 Å². The van der Waals surface area contributed by atoms with Gasteiger partial charge in [0.25, 0.3) is 0 Å². The van der Waals surface area contributed by atoms with Gasteiger partial charge in [0.1, 0.15) is 62.4 Å². The number of fused-ring (bicyclic) bond motifs is 2. The second-order valence-corrected chi connectivity index (χ2v) is 10.2. The minimum Gasteiger partial charge on any atom is -0.497 e. The Kier molecular flexibility index (Phi) is 8.02. The fraction of sp³-hybridized carbons (Fsp3) is 0.167. The molecule has 0 aliphatic carbocycles. The van der Waals surface area contributed by atoms with Crippen molar-refractivity contribution in [3.8, 4) is 68.3 Å². The topological polar surface area (TPSA) is 116 Å². The van der Waals surface area contributed by atoms with Crippen molar-refractivity contribution in [3.63, 3.8) is 0 Å². The summed E-state index contributed by atoms with van der Waals surface area (Å²) in [5.41, 5.74) is 2.14. The molecule has 10 heteroatoms. The molecule has 6 rings (SSSR count). The number of ether oxygens (including phenoxy) is 6. The molecule has 0 N–H and O–H groups in total. The van der Waals surface area contributed by atoms with Gasteiger partial charge in [0.15, 0.2) is 16.4 Å². The van der Waals surface area contributed by atoms with Crippen LogP contribution < -0.4 is 39.3 Å². The van der Waals surface area contributed by atoms with E-state index in [0.717, 1.165) is 0 Å². The van der Waals surface area contributed by atoms with E-state index in [9.17, 15) is 9.59 Å². The lowest BCUT2D eigenvalue weighted by Crippen LogP contribution is -2.05. The van der Waals surface area contributed by atoms with Crippen molar-refractivity contribution in [1.29, 1.82) is 0 Å². The Hall–Kier alpha value is -5.90. The first kappa shape index (κ1) is 30.1. The van der Waals surface area contributed by atoms with Crippen LogP contribution in [0, 0.1) is 0 Å². The molecule has 0 aliphatic rings.